The van der Waals surface area contributed by atoms with Crippen LogP contribution in [0.25, 0.3) is 0 Å². The molecule has 2 aromatic rings. The van der Waals surface area contributed by atoms with Crippen molar-refractivity contribution >= 4 is 23.7 Å². The number of rotatable bonds is 13. The molecule has 10 nitrogen and oxygen atoms in total. The number of aromatic hydroxyl groups is 1. The summed E-state index contributed by atoms with van der Waals surface area (Å²) in [5, 5.41) is 26.7. The maximum absolute atomic E-state index is 13.1. The van der Waals surface area contributed by atoms with Crippen molar-refractivity contribution in [2.75, 3.05) is 0 Å². The number of hydrogen-bond acceptors (Lipinski definition) is 6. The van der Waals surface area contributed by atoms with Gasteiger partial charge in [0, 0.05) is 12.8 Å². The van der Waals surface area contributed by atoms with E-state index in [9.17, 15) is 29.4 Å². The average Bonchev–Trinajstić information content (AvgIpc) is 2.88. The summed E-state index contributed by atoms with van der Waals surface area (Å²) in [5.74, 6) is -3.05. The molecule has 0 aliphatic heterocycles. The van der Waals surface area contributed by atoms with Gasteiger partial charge in [-0.3, -0.25) is 14.4 Å². The molecule has 0 aliphatic rings. The number of aliphatic carboxylic acids is 1. The number of nitrogens with one attached hydrogen (secondary N) is 3. The molecule has 0 aromatic heterocycles. The predicted molar refractivity (Wildman–Crippen MR) is 138 cm³/mol. The number of nitrogens with two attached hydrogens (primary N) is 1. The second-order valence-corrected chi connectivity index (χ2v) is 9.16. The molecule has 5 atom stereocenters. The molecular formula is C27H36N4O6. The highest BCUT2D eigenvalue weighted by Gasteiger charge is 2.29. The van der Waals surface area contributed by atoms with Crippen molar-refractivity contribution in [3.05, 3.63) is 65.7 Å². The zero-order chi connectivity index (χ0) is 27.5. The fourth-order valence-electron chi connectivity index (χ4n) is 3.58. The van der Waals surface area contributed by atoms with Crippen molar-refractivity contribution in [2.45, 2.75) is 64.2 Å². The number of phenolic OH excluding ortho intramolecular Hbond substituents is 1. The lowest BCUT2D eigenvalue weighted by Gasteiger charge is -2.25. The van der Waals surface area contributed by atoms with Gasteiger partial charge in [-0.2, -0.15) is 0 Å². The van der Waals surface area contributed by atoms with Crippen LogP contribution in [0.3, 0.4) is 0 Å². The van der Waals surface area contributed by atoms with Gasteiger partial charge in [0.05, 0.1) is 6.04 Å². The summed E-state index contributed by atoms with van der Waals surface area (Å²) in [6.07, 6.45) is 0.858. The van der Waals surface area contributed by atoms with Gasteiger partial charge in [-0.15, -0.1) is 0 Å². The molecule has 0 fully saturated rings. The van der Waals surface area contributed by atoms with Gasteiger partial charge in [-0.25, -0.2) is 4.79 Å². The molecule has 0 saturated carbocycles. The van der Waals surface area contributed by atoms with Gasteiger partial charge >= 0.3 is 5.97 Å². The normalized spacial score (nSPS) is 14.9. The van der Waals surface area contributed by atoms with Gasteiger partial charge in [0.15, 0.2) is 0 Å². The first kappa shape index (κ1) is 29.3. The molecule has 2 aromatic carbocycles. The minimum Gasteiger partial charge on any atom is -0.508 e. The minimum atomic E-state index is -1.25. The molecule has 0 bridgehead atoms. The van der Waals surface area contributed by atoms with Crippen molar-refractivity contribution < 1.29 is 29.4 Å². The molecule has 2 rings (SSSR count). The first-order valence-corrected chi connectivity index (χ1v) is 12.2. The first-order valence-electron chi connectivity index (χ1n) is 12.2. The molecule has 3 amide bonds. The van der Waals surface area contributed by atoms with E-state index in [1.807, 2.05) is 44.2 Å². The lowest BCUT2D eigenvalue weighted by atomic mass is 9.98. The molecule has 10 heteroatoms. The van der Waals surface area contributed by atoms with E-state index in [1.165, 1.54) is 19.1 Å². The summed E-state index contributed by atoms with van der Waals surface area (Å²) in [6, 6.07) is 10.9. The zero-order valence-corrected chi connectivity index (χ0v) is 21.3. The Kier molecular flexibility index (Phi) is 11.1. The maximum atomic E-state index is 13.1. The Morgan fingerprint density at radius 1 is 0.784 bits per heavy atom. The summed E-state index contributed by atoms with van der Waals surface area (Å²) >= 11 is 0. The topological polar surface area (TPSA) is 171 Å². The highest BCUT2D eigenvalue weighted by molar-refractivity contribution is 5.94. The Labute approximate surface area is 216 Å². The summed E-state index contributed by atoms with van der Waals surface area (Å²) in [4.78, 5) is 50.3. The molecular weight excluding hydrogens is 476 g/mol. The van der Waals surface area contributed by atoms with Crippen LogP contribution in [0.1, 0.15) is 38.3 Å². The van der Waals surface area contributed by atoms with Gasteiger partial charge in [0.25, 0.3) is 0 Å². The van der Waals surface area contributed by atoms with Crippen LogP contribution in [0.4, 0.5) is 0 Å². The number of carboxylic acid groups (broad SMARTS) is 1. The maximum Gasteiger partial charge on any atom is 0.326 e. The predicted octanol–water partition coefficient (Wildman–Crippen LogP) is 1.11. The van der Waals surface area contributed by atoms with Crippen LogP contribution in [0.2, 0.25) is 0 Å². The lowest BCUT2D eigenvalue weighted by Crippen LogP contribution is -2.57. The summed E-state index contributed by atoms with van der Waals surface area (Å²) in [5.41, 5.74) is 7.44. The lowest BCUT2D eigenvalue weighted by molar-refractivity contribution is -0.142. The van der Waals surface area contributed by atoms with Crippen molar-refractivity contribution in [3.8, 4) is 5.75 Å². The van der Waals surface area contributed by atoms with Crippen molar-refractivity contribution in [3.63, 3.8) is 0 Å². The Morgan fingerprint density at radius 3 is 1.89 bits per heavy atom. The number of carbonyl (C=O) groups is 4. The second-order valence-electron chi connectivity index (χ2n) is 9.16. The Hall–Kier alpha value is -3.92. The summed E-state index contributed by atoms with van der Waals surface area (Å²) < 4.78 is 0. The van der Waals surface area contributed by atoms with Crippen LogP contribution in [0, 0.1) is 5.92 Å². The van der Waals surface area contributed by atoms with E-state index in [4.69, 9.17) is 5.73 Å². The largest absolute Gasteiger partial charge is 0.508 e. The zero-order valence-electron chi connectivity index (χ0n) is 21.3. The minimum absolute atomic E-state index is 0.0117. The van der Waals surface area contributed by atoms with Crippen LogP contribution >= 0.6 is 0 Å². The molecule has 200 valence electrons. The third-order valence-electron chi connectivity index (χ3n) is 6.22. The van der Waals surface area contributed by atoms with Crippen molar-refractivity contribution in [1.82, 2.24) is 16.0 Å². The van der Waals surface area contributed by atoms with Gasteiger partial charge in [-0.1, -0.05) is 62.7 Å². The molecule has 37 heavy (non-hydrogen) atoms. The van der Waals surface area contributed by atoms with E-state index < -0.39 is 47.9 Å². The second kappa shape index (κ2) is 14.0. The fourth-order valence-corrected chi connectivity index (χ4v) is 3.58. The highest BCUT2D eigenvalue weighted by Crippen LogP contribution is 2.12. The van der Waals surface area contributed by atoms with E-state index in [2.05, 4.69) is 16.0 Å². The molecule has 0 radical (unpaired) electrons. The van der Waals surface area contributed by atoms with Crippen molar-refractivity contribution in [1.29, 1.82) is 0 Å². The Balaban J connectivity index is 2.08. The SMILES string of the molecule is CCC(C)C(N)C(=O)NC(Cc1ccccc1)C(=O)NC(C)C(=O)NC(Cc1ccc(O)cc1)C(=O)O. The van der Waals surface area contributed by atoms with Gasteiger partial charge < -0.3 is 31.9 Å². The summed E-state index contributed by atoms with van der Waals surface area (Å²) in [6.45, 7) is 5.19. The monoisotopic (exact) mass is 512 g/mol. The van der Waals surface area contributed by atoms with E-state index in [1.54, 1.807) is 12.1 Å². The smallest absolute Gasteiger partial charge is 0.326 e. The summed E-state index contributed by atoms with van der Waals surface area (Å²) in [7, 11) is 0. The van der Waals surface area contributed by atoms with Crippen LogP contribution in [0.5, 0.6) is 5.75 Å². The third-order valence-corrected chi connectivity index (χ3v) is 6.22. The number of carbonyl (C=O) groups excluding carboxylic acids is 3. The van der Waals surface area contributed by atoms with E-state index in [0.717, 1.165) is 5.56 Å². The molecule has 0 aliphatic carbocycles. The number of phenols is 1. The van der Waals surface area contributed by atoms with Gasteiger partial charge in [-0.05, 0) is 36.1 Å². The number of amides is 3. The van der Waals surface area contributed by atoms with Crippen LogP contribution in [-0.4, -0.2) is 58.1 Å². The molecule has 5 unspecified atom stereocenters. The Bertz CT molecular complexity index is 1060. The van der Waals surface area contributed by atoms with E-state index in [-0.39, 0.29) is 24.5 Å². The highest BCUT2D eigenvalue weighted by atomic mass is 16.4. The molecule has 0 saturated heterocycles. The van der Waals surface area contributed by atoms with Crippen molar-refractivity contribution in [2.24, 2.45) is 11.7 Å². The van der Waals surface area contributed by atoms with Crippen LogP contribution in [-0.2, 0) is 32.0 Å². The Morgan fingerprint density at radius 2 is 1.32 bits per heavy atom. The number of hydrogen-bond donors (Lipinski definition) is 6. The van der Waals surface area contributed by atoms with E-state index in [0.29, 0.717) is 12.0 Å². The number of benzene rings is 2. The third kappa shape index (κ3) is 9.23. The molecule has 7 N–H and O–H groups in total. The van der Waals surface area contributed by atoms with Gasteiger partial charge in [0.1, 0.15) is 23.9 Å². The molecule has 0 heterocycles. The average molecular weight is 513 g/mol. The van der Waals surface area contributed by atoms with Gasteiger partial charge in [0.2, 0.25) is 17.7 Å². The van der Waals surface area contributed by atoms with Crippen LogP contribution in [0.15, 0.2) is 54.6 Å². The van der Waals surface area contributed by atoms with Crippen LogP contribution < -0.4 is 21.7 Å². The van der Waals surface area contributed by atoms with E-state index >= 15 is 0 Å². The molecule has 0 spiro atoms. The fraction of sp³-hybridized carbons (Fsp3) is 0.407. The standard InChI is InChI=1S/C27H36N4O6/c1-4-16(2)23(28)26(35)30-21(14-18-8-6-5-7-9-18)25(34)29-17(3)24(33)31-22(27(36)37)15-19-10-12-20(32)13-11-19/h5-13,16-17,21-23,32H,4,14-15,28H2,1-3H3,(H,29,34)(H,30,35)(H,31,33)(H,36,37). The first-order chi connectivity index (χ1) is 17.5. The number of carboxylic acids is 1. The quantitative estimate of drug-likeness (QED) is 0.233.